The predicted octanol–water partition coefficient (Wildman–Crippen LogP) is 4.47. The van der Waals surface area contributed by atoms with Crippen LogP contribution in [-0.2, 0) is 16.6 Å². The number of carboxylic acid groups (broad SMARTS) is 1. The van der Waals surface area contributed by atoms with Gasteiger partial charge in [0.15, 0.2) is 0 Å². The molecule has 0 unspecified atom stereocenters. The van der Waals surface area contributed by atoms with Gasteiger partial charge < -0.3 is 26.2 Å². The zero-order valence-electron chi connectivity index (χ0n) is 22.9. The first kappa shape index (κ1) is 30.4. The number of amides is 3. The van der Waals surface area contributed by atoms with E-state index < -0.39 is 34.3 Å². The van der Waals surface area contributed by atoms with Crippen molar-refractivity contribution in [3.05, 3.63) is 65.3 Å². The number of nitrogens with zero attached hydrogens (tertiary/aromatic N) is 1. The Kier molecular flexibility index (Phi) is 9.64. The number of sulfonamides is 1. The van der Waals surface area contributed by atoms with Crippen LogP contribution in [0.4, 0.5) is 15.3 Å². The molecule has 2 aromatic carbocycles. The quantitative estimate of drug-likeness (QED) is 0.199. The highest BCUT2D eigenvalue weighted by molar-refractivity contribution is 7.89. The lowest BCUT2D eigenvalue weighted by molar-refractivity contribution is 0.185. The molecule has 1 aromatic heterocycles. The maximum absolute atomic E-state index is 13.6. The van der Waals surface area contributed by atoms with Gasteiger partial charge in [0.05, 0.1) is 26.9 Å². The van der Waals surface area contributed by atoms with E-state index >= 15 is 0 Å². The van der Waals surface area contributed by atoms with Gasteiger partial charge in [0, 0.05) is 36.0 Å². The van der Waals surface area contributed by atoms with Crippen LogP contribution < -0.4 is 20.7 Å². The second-order valence-electron chi connectivity index (χ2n) is 10.7. The number of benzene rings is 2. The van der Waals surface area contributed by atoms with Crippen LogP contribution in [-0.4, -0.2) is 53.9 Å². The molecule has 6 N–H and O–H groups in total. The first-order valence-electron chi connectivity index (χ1n) is 13.3. The molecule has 0 aliphatic heterocycles. The fourth-order valence-corrected chi connectivity index (χ4v) is 7.53. The zero-order chi connectivity index (χ0) is 29.6. The number of urea groups is 1. The fourth-order valence-electron chi connectivity index (χ4n) is 4.69. The second kappa shape index (κ2) is 13.0. The van der Waals surface area contributed by atoms with Crippen LogP contribution in [0.2, 0.25) is 0 Å². The van der Waals surface area contributed by atoms with Crippen molar-refractivity contribution in [3.8, 4) is 10.4 Å². The molecule has 0 spiro atoms. The lowest BCUT2D eigenvalue weighted by atomic mass is 9.86. The number of nitrogens with one attached hydrogen (secondary N) is 4. The lowest BCUT2D eigenvalue weighted by Gasteiger charge is -2.27. The first-order valence-corrected chi connectivity index (χ1v) is 15.6. The minimum atomic E-state index is -4.12. The summed E-state index contributed by atoms with van der Waals surface area (Å²) in [4.78, 5) is 28.7. The van der Waals surface area contributed by atoms with E-state index in [1.165, 1.54) is 17.4 Å². The van der Waals surface area contributed by atoms with Crippen molar-refractivity contribution in [1.29, 1.82) is 0 Å². The van der Waals surface area contributed by atoms with Crippen LogP contribution in [0.1, 0.15) is 56.0 Å². The summed E-state index contributed by atoms with van der Waals surface area (Å²) in [7, 11) is -4.12. The lowest BCUT2D eigenvalue weighted by Crippen LogP contribution is -2.46. The maximum atomic E-state index is 13.6. The molecule has 13 heteroatoms. The van der Waals surface area contributed by atoms with Gasteiger partial charge in [-0.3, -0.25) is 0 Å². The van der Waals surface area contributed by atoms with E-state index in [9.17, 15) is 23.1 Å². The smallest absolute Gasteiger partial charge is 0.404 e. The van der Waals surface area contributed by atoms with Gasteiger partial charge in [0.1, 0.15) is 0 Å². The van der Waals surface area contributed by atoms with Crippen molar-refractivity contribution in [2.24, 2.45) is 0 Å². The molecule has 3 aromatic rings. The van der Waals surface area contributed by atoms with Gasteiger partial charge in [-0.1, -0.05) is 36.4 Å². The molecule has 0 saturated heterocycles. The van der Waals surface area contributed by atoms with E-state index in [-0.39, 0.29) is 22.5 Å². The van der Waals surface area contributed by atoms with Crippen molar-refractivity contribution in [3.63, 3.8) is 0 Å². The topological polar surface area (TPSA) is 170 Å². The van der Waals surface area contributed by atoms with Gasteiger partial charge in [-0.25, -0.2) is 27.7 Å². The Morgan fingerprint density at radius 2 is 1.78 bits per heavy atom. The molecule has 1 fully saturated rings. The highest BCUT2D eigenvalue weighted by atomic mass is 32.2. The SMILES string of the molecule is CC(C)(CO)NS(=O)(=O)c1cc(NC(=O)NCc2ccccc2)ccc1-c1cnc(C2CCC(NC(=O)O)CC2)s1. The summed E-state index contributed by atoms with van der Waals surface area (Å²) >= 11 is 1.40. The maximum Gasteiger partial charge on any atom is 0.404 e. The number of rotatable bonds is 10. The molecule has 3 amide bonds. The average Bonchev–Trinajstić information content (AvgIpc) is 3.42. The van der Waals surface area contributed by atoms with Crippen LogP contribution >= 0.6 is 11.3 Å². The number of aromatic nitrogens is 1. The number of thiazole rings is 1. The van der Waals surface area contributed by atoms with E-state index in [2.05, 4.69) is 25.7 Å². The Labute approximate surface area is 243 Å². The molecule has 1 saturated carbocycles. The summed E-state index contributed by atoms with van der Waals surface area (Å²) in [5, 5.41) is 27.5. The summed E-state index contributed by atoms with van der Waals surface area (Å²) in [5.74, 6) is 0.154. The third kappa shape index (κ3) is 8.26. The largest absolute Gasteiger partial charge is 0.465 e. The van der Waals surface area contributed by atoms with Gasteiger partial charge >= 0.3 is 12.1 Å². The van der Waals surface area contributed by atoms with Crippen LogP contribution in [0.3, 0.4) is 0 Å². The average molecular weight is 602 g/mol. The monoisotopic (exact) mass is 601 g/mol. The van der Waals surface area contributed by atoms with Crippen molar-refractivity contribution < 1.29 is 28.2 Å². The van der Waals surface area contributed by atoms with Gasteiger partial charge in [-0.05, 0) is 57.2 Å². The molecule has 4 rings (SSSR count). The van der Waals surface area contributed by atoms with Gasteiger partial charge in [0.2, 0.25) is 10.0 Å². The van der Waals surface area contributed by atoms with Crippen molar-refractivity contribution in [2.75, 3.05) is 11.9 Å². The normalized spacial score (nSPS) is 17.5. The molecule has 220 valence electrons. The molecule has 1 aliphatic carbocycles. The fraction of sp³-hybridized carbons (Fsp3) is 0.393. The van der Waals surface area contributed by atoms with Crippen LogP contribution in [0.5, 0.6) is 0 Å². The second-order valence-corrected chi connectivity index (χ2v) is 13.4. The zero-order valence-corrected chi connectivity index (χ0v) is 24.5. The Hall–Kier alpha value is -3.52. The third-order valence-electron chi connectivity index (χ3n) is 6.82. The molecular formula is C28H35N5O6S2. The predicted molar refractivity (Wildman–Crippen MR) is 157 cm³/mol. The molecule has 1 heterocycles. The Bertz CT molecular complexity index is 1470. The van der Waals surface area contributed by atoms with E-state index in [1.807, 2.05) is 30.3 Å². The molecule has 0 bridgehead atoms. The number of aliphatic hydroxyl groups excluding tert-OH is 1. The summed E-state index contributed by atoms with van der Waals surface area (Å²) in [6.45, 7) is 3.04. The van der Waals surface area contributed by atoms with Crippen LogP contribution in [0, 0.1) is 0 Å². The molecule has 1 aliphatic rings. The van der Waals surface area contributed by atoms with Gasteiger partial charge in [0.25, 0.3) is 0 Å². The summed E-state index contributed by atoms with van der Waals surface area (Å²) in [5.41, 5.74) is 0.514. The standard InChI is InChI=1S/C28H35N5O6S2/c1-28(2,17-34)33-41(38,39)24-14-21(31-26(35)30-15-18-6-4-3-5-7-18)12-13-22(24)23-16-29-25(40-23)19-8-10-20(11-9-19)32-27(36)37/h3-7,12-14,16,19-20,32-34H,8-11,15,17H2,1-2H3,(H,36,37)(H2,30,31,35). The highest BCUT2D eigenvalue weighted by Crippen LogP contribution is 2.40. The van der Waals surface area contributed by atoms with Gasteiger partial charge in [-0.2, -0.15) is 0 Å². The molecule has 0 radical (unpaired) electrons. The number of carbonyl (C=O) groups excluding carboxylic acids is 1. The Balaban J connectivity index is 1.57. The Morgan fingerprint density at radius 3 is 2.44 bits per heavy atom. The molecule has 0 atom stereocenters. The summed E-state index contributed by atoms with van der Waals surface area (Å²) in [6.07, 6.45) is 3.58. The number of hydrogen-bond acceptors (Lipinski definition) is 7. The van der Waals surface area contributed by atoms with E-state index in [1.54, 1.807) is 32.2 Å². The number of aliphatic hydroxyl groups is 1. The summed E-state index contributed by atoms with van der Waals surface area (Å²) in [6, 6.07) is 13.5. The van der Waals surface area contributed by atoms with Gasteiger partial charge in [-0.15, -0.1) is 11.3 Å². The number of carbonyl (C=O) groups is 2. The minimum absolute atomic E-state index is 0.0514. The molecule has 41 heavy (non-hydrogen) atoms. The number of anilines is 1. The van der Waals surface area contributed by atoms with Crippen molar-refractivity contribution in [2.45, 2.75) is 68.5 Å². The van der Waals surface area contributed by atoms with E-state index in [0.29, 0.717) is 29.8 Å². The van der Waals surface area contributed by atoms with Crippen molar-refractivity contribution >= 4 is 39.2 Å². The molecule has 11 nitrogen and oxygen atoms in total. The Morgan fingerprint density at radius 1 is 1.07 bits per heavy atom. The van der Waals surface area contributed by atoms with Crippen molar-refractivity contribution in [1.82, 2.24) is 20.3 Å². The van der Waals surface area contributed by atoms with E-state index in [0.717, 1.165) is 23.4 Å². The highest BCUT2D eigenvalue weighted by Gasteiger charge is 2.30. The van der Waals surface area contributed by atoms with E-state index in [4.69, 9.17) is 5.11 Å². The minimum Gasteiger partial charge on any atom is -0.465 e. The first-order chi connectivity index (χ1) is 19.5. The number of hydrogen-bond donors (Lipinski definition) is 6. The molecular weight excluding hydrogens is 566 g/mol. The summed E-state index contributed by atoms with van der Waals surface area (Å²) < 4.78 is 29.7. The third-order valence-corrected chi connectivity index (χ3v) is 9.76. The van der Waals surface area contributed by atoms with Crippen LogP contribution in [0.25, 0.3) is 10.4 Å². The van der Waals surface area contributed by atoms with Crippen LogP contribution in [0.15, 0.2) is 59.6 Å².